The summed E-state index contributed by atoms with van der Waals surface area (Å²) in [4.78, 5) is 4.28. The van der Waals surface area contributed by atoms with Crippen LogP contribution in [0.15, 0.2) is 41.0 Å². The molecule has 2 N–H and O–H groups in total. The molecule has 2 nitrogen and oxygen atoms in total. The van der Waals surface area contributed by atoms with Crippen molar-refractivity contribution < 1.29 is 0 Å². The van der Waals surface area contributed by atoms with Gasteiger partial charge in [0.15, 0.2) is 0 Å². The Kier molecular flexibility index (Phi) is 4.62. The quantitative estimate of drug-likeness (QED) is 0.895. The minimum Gasteiger partial charge on any atom is -0.322 e. The van der Waals surface area contributed by atoms with Crippen LogP contribution in [0.5, 0.6) is 0 Å². The van der Waals surface area contributed by atoms with E-state index in [2.05, 4.69) is 20.9 Å². The van der Waals surface area contributed by atoms with Gasteiger partial charge in [0.05, 0.1) is 11.7 Å². The highest BCUT2D eigenvalue weighted by atomic mass is 79.9. The maximum absolute atomic E-state index is 6.15. The summed E-state index contributed by atoms with van der Waals surface area (Å²) >= 11 is 15.4. The topological polar surface area (TPSA) is 38.9 Å². The van der Waals surface area contributed by atoms with Gasteiger partial charge < -0.3 is 5.73 Å². The largest absolute Gasteiger partial charge is 0.322 e. The van der Waals surface area contributed by atoms with Crippen molar-refractivity contribution in [2.75, 3.05) is 0 Å². The highest BCUT2D eigenvalue weighted by Gasteiger charge is 2.13. The summed E-state index contributed by atoms with van der Waals surface area (Å²) in [6, 6.07) is 8.99. The lowest BCUT2D eigenvalue weighted by molar-refractivity contribution is 0.692. The Labute approximate surface area is 124 Å². The van der Waals surface area contributed by atoms with Crippen LogP contribution < -0.4 is 5.73 Å². The third kappa shape index (κ3) is 3.23. The van der Waals surface area contributed by atoms with E-state index in [9.17, 15) is 0 Å². The second kappa shape index (κ2) is 6.02. The van der Waals surface area contributed by atoms with Gasteiger partial charge in [-0.15, -0.1) is 0 Å². The molecular weight excluding hydrogens is 335 g/mol. The Morgan fingerprint density at radius 1 is 1.28 bits per heavy atom. The van der Waals surface area contributed by atoms with Crippen LogP contribution in [-0.2, 0) is 6.42 Å². The fourth-order valence-electron chi connectivity index (χ4n) is 1.69. The van der Waals surface area contributed by atoms with Crippen LogP contribution in [-0.4, -0.2) is 4.98 Å². The summed E-state index contributed by atoms with van der Waals surface area (Å²) in [6.07, 6.45) is 2.34. The highest BCUT2D eigenvalue weighted by molar-refractivity contribution is 9.10. The zero-order chi connectivity index (χ0) is 13.1. The first-order chi connectivity index (χ1) is 8.58. The molecule has 0 bridgehead atoms. The number of aromatic nitrogens is 1. The van der Waals surface area contributed by atoms with Crippen molar-refractivity contribution in [2.24, 2.45) is 5.73 Å². The molecule has 1 unspecified atom stereocenters. The number of hydrogen-bond acceptors (Lipinski definition) is 2. The van der Waals surface area contributed by atoms with Crippen LogP contribution in [0.4, 0.5) is 0 Å². The number of nitrogens with zero attached hydrogens (tertiary/aromatic N) is 1. The molecule has 0 fully saturated rings. The first-order valence-corrected chi connectivity index (χ1v) is 6.92. The Bertz CT molecular complexity index is 560. The molecule has 0 aliphatic rings. The van der Waals surface area contributed by atoms with Crippen LogP contribution in [0.25, 0.3) is 0 Å². The average molecular weight is 346 g/mol. The molecule has 2 rings (SSSR count). The molecule has 1 heterocycles. The number of halogens is 3. The minimum absolute atomic E-state index is 0.209. The maximum Gasteiger partial charge on any atom is 0.0716 e. The summed E-state index contributed by atoms with van der Waals surface area (Å²) in [7, 11) is 0. The van der Waals surface area contributed by atoms with E-state index in [0.29, 0.717) is 16.5 Å². The first-order valence-electron chi connectivity index (χ1n) is 5.38. The predicted octanol–water partition coefficient (Wildman–Crippen LogP) is 4.39. The molecule has 94 valence electrons. The number of hydrogen-bond donors (Lipinski definition) is 1. The molecule has 0 radical (unpaired) electrons. The lowest BCUT2D eigenvalue weighted by Gasteiger charge is -2.13. The summed E-state index contributed by atoms with van der Waals surface area (Å²) in [5.41, 5.74) is 7.94. The molecule has 1 aromatic carbocycles. The van der Waals surface area contributed by atoms with Crippen molar-refractivity contribution in [3.05, 3.63) is 62.3 Å². The van der Waals surface area contributed by atoms with Crippen LogP contribution in [0.2, 0.25) is 10.0 Å². The molecule has 0 aliphatic heterocycles. The highest BCUT2D eigenvalue weighted by Crippen LogP contribution is 2.27. The zero-order valence-corrected chi connectivity index (χ0v) is 12.5. The molecule has 0 spiro atoms. The Balaban J connectivity index is 2.21. The second-order valence-electron chi connectivity index (χ2n) is 3.92. The molecule has 2 aromatic rings. The molecule has 0 saturated heterocycles. The van der Waals surface area contributed by atoms with Gasteiger partial charge >= 0.3 is 0 Å². The van der Waals surface area contributed by atoms with Gasteiger partial charge in [0, 0.05) is 20.7 Å². The molecule has 1 aromatic heterocycles. The third-order valence-electron chi connectivity index (χ3n) is 2.59. The van der Waals surface area contributed by atoms with Gasteiger partial charge in [0.2, 0.25) is 0 Å². The van der Waals surface area contributed by atoms with E-state index in [1.54, 1.807) is 12.3 Å². The minimum atomic E-state index is -0.209. The monoisotopic (exact) mass is 344 g/mol. The van der Waals surface area contributed by atoms with Gasteiger partial charge in [-0.1, -0.05) is 29.3 Å². The van der Waals surface area contributed by atoms with E-state index in [4.69, 9.17) is 28.9 Å². The first kappa shape index (κ1) is 13.8. The summed E-state index contributed by atoms with van der Waals surface area (Å²) in [6.45, 7) is 0. The van der Waals surface area contributed by atoms with Crippen molar-refractivity contribution in [3.63, 3.8) is 0 Å². The molecule has 1 atom stereocenters. The second-order valence-corrected chi connectivity index (χ2v) is 5.61. The average Bonchev–Trinajstić information content (AvgIpc) is 2.33. The number of benzene rings is 1. The van der Waals surface area contributed by atoms with Crippen molar-refractivity contribution in [1.82, 2.24) is 4.98 Å². The Morgan fingerprint density at radius 2 is 2.06 bits per heavy atom. The Morgan fingerprint density at radius 3 is 2.72 bits per heavy atom. The van der Waals surface area contributed by atoms with Gasteiger partial charge in [-0.3, -0.25) is 4.98 Å². The van der Waals surface area contributed by atoms with Crippen molar-refractivity contribution in [3.8, 4) is 0 Å². The van der Waals surface area contributed by atoms with E-state index in [1.165, 1.54) is 0 Å². The van der Waals surface area contributed by atoms with E-state index in [1.807, 2.05) is 24.3 Å². The Hall–Kier alpha value is -0.610. The third-order valence-corrected chi connectivity index (χ3v) is 3.85. The maximum atomic E-state index is 6.15. The van der Waals surface area contributed by atoms with Crippen LogP contribution in [0.3, 0.4) is 0 Å². The normalized spacial score (nSPS) is 12.4. The SMILES string of the molecule is NC(Cc1ccc(Cl)cc1Cl)c1ncccc1Br. The smallest absolute Gasteiger partial charge is 0.0716 e. The summed E-state index contributed by atoms with van der Waals surface area (Å²) < 4.78 is 0.905. The van der Waals surface area contributed by atoms with Crippen molar-refractivity contribution in [1.29, 1.82) is 0 Å². The summed E-state index contributed by atoms with van der Waals surface area (Å²) in [5, 5.41) is 1.25. The number of rotatable bonds is 3. The van der Waals surface area contributed by atoms with Crippen molar-refractivity contribution >= 4 is 39.1 Å². The molecule has 5 heteroatoms. The zero-order valence-electron chi connectivity index (χ0n) is 9.41. The van der Waals surface area contributed by atoms with Crippen LogP contribution in [0.1, 0.15) is 17.3 Å². The molecule has 18 heavy (non-hydrogen) atoms. The lowest BCUT2D eigenvalue weighted by Crippen LogP contribution is -2.15. The molecule has 0 saturated carbocycles. The number of nitrogens with two attached hydrogens (primary N) is 1. The van der Waals surface area contributed by atoms with Crippen LogP contribution >= 0.6 is 39.1 Å². The van der Waals surface area contributed by atoms with Gasteiger partial charge in [0.25, 0.3) is 0 Å². The standard InChI is InChI=1S/C13H11BrCl2N2/c14-10-2-1-5-18-13(10)12(17)6-8-3-4-9(15)7-11(8)16/h1-5,7,12H,6,17H2. The van der Waals surface area contributed by atoms with Gasteiger partial charge in [0.1, 0.15) is 0 Å². The van der Waals surface area contributed by atoms with Crippen LogP contribution in [0, 0.1) is 0 Å². The molecule has 0 aliphatic carbocycles. The van der Waals surface area contributed by atoms with Gasteiger partial charge in [-0.25, -0.2) is 0 Å². The fraction of sp³-hybridized carbons (Fsp3) is 0.154. The predicted molar refractivity (Wildman–Crippen MR) is 79.0 cm³/mol. The molecular formula is C13H11BrCl2N2. The van der Waals surface area contributed by atoms with E-state index >= 15 is 0 Å². The number of pyridine rings is 1. The van der Waals surface area contributed by atoms with Crippen molar-refractivity contribution in [2.45, 2.75) is 12.5 Å². The van der Waals surface area contributed by atoms with E-state index in [0.717, 1.165) is 15.7 Å². The van der Waals surface area contributed by atoms with E-state index < -0.39 is 0 Å². The summed E-state index contributed by atoms with van der Waals surface area (Å²) in [5.74, 6) is 0. The van der Waals surface area contributed by atoms with Gasteiger partial charge in [-0.05, 0) is 52.2 Å². The fourth-order valence-corrected chi connectivity index (χ4v) is 2.73. The van der Waals surface area contributed by atoms with E-state index in [-0.39, 0.29) is 6.04 Å². The molecule has 0 amide bonds. The lowest BCUT2D eigenvalue weighted by atomic mass is 10.0. The van der Waals surface area contributed by atoms with Gasteiger partial charge in [-0.2, -0.15) is 0 Å².